The summed E-state index contributed by atoms with van der Waals surface area (Å²) in [6, 6.07) is 10.6. The van der Waals surface area contributed by atoms with E-state index in [1.807, 2.05) is 0 Å². The summed E-state index contributed by atoms with van der Waals surface area (Å²) in [5.41, 5.74) is 0.413. The standard InChI is InChI=1S/C21H25NO7S/c1-21(2,3)29-20(25)22-8-9-28-17-11-15(10-16(12-17)19(23)24)14-6-5-7-18(13-14)30(4,26)27/h5-7,10-13H,8-9H2,1-4H3,(H,22,25)(H,23,24). The first-order valence-electron chi connectivity index (χ1n) is 9.14. The Labute approximate surface area is 175 Å². The molecule has 2 aromatic carbocycles. The normalized spacial score (nSPS) is 11.6. The zero-order valence-corrected chi connectivity index (χ0v) is 18.1. The van der Waals surface area contributed by atoms with Crippen molar-refractivity contribution in [3.05, 3.63) is 48.0 Å². The Morgan fingerprint density at radius 3 is 2.37 bits per heavy atom. The lowest BCUT2D eigenvalue weighted by molar-refractivity contribution is 0.0520. The molecule has 0 bridgehead atoms. The van der Waals surface area contributed by atoms with Crippen LogP contribution in [-0.2, 0) is 14.6 Å². The third kappa shape index (κ3) is 7.07. The summed E-state index contributed by atoms with van der Waals surface area (Å²) in [6.07, 6.45) is 0.523. The predicted molar refractivity (Wildman–Crippen MR) is 112 cm³/mol. The van der Waals surface area contributed by atoms with Crippen LogP contribution in [0.2, 0.25) is 0 Å². The predicted octanol–water partition coefficient (Wildman–Crippen LogP) is 3.36. The maximum atomic E-state index is 11.8. The lowest BCUT2D eigenvalue weighted by atomic mass is 10.0. The number of carboxylic acid groups (broad SMARTS) is 1. The van der Waals surface area contributed by atoms with Crippen LogP contribution in [0.1, 0.15) is 31.1 Å². The number of rotatable bonds is 7. The van der Waals surface area contributed by atoms with Crippen molar-refractivity contribution in [2.45, 2.75) is 31.3 Å². The number of aromatic carboxylic acids is 1. The van der Waals surface area contributed by atoms with Crippen molar-refractivity contribution in [3.63, 3.8) is 0 Å². The van der Waals surface area contributed by atoms with Gasteiger partial charge in [0, 0.05) is 6.26 Å². The monoisotopic (exact) mass is 435 g/mol. The summed E-state index contributed by atoms with van der Waals surface area (Å²) in [7, 11) is -3.41. The van der Waals surface area contributed by atoms with Gasteiger partial charge in [0.1, 0.15) is 18.0 Å². The van der Waals surface area contributed by atoms with Gasteiger partial charge in [-0.15, -0.1) is 0 Å². The summed E-state index contributed by atoms with van der Waals surface area (Å²) in [6.45, 7) is 5.50. The van der Waals surface area contributed by atoms with Gasteiger partial charge in [-0.2, -0.15) is 0 Å². The summed E-state index contributed by atoms with van der Waals surface area (Å²) in [5, 5.41) is 11.9. The maximum Gasteiger partial charge on any atom is 0.407 e. The Balaban J connectivity index is 2.17. The Hall–Kier alpha value is -3.07. The van der Waals surface area contributed by atoms with Crippen LogP contribution in [-0.4, -0.2) is 50.6 Å². The summed E-state index contributed by atoms with van der Waals surface area (Å²) in [5.74, 6) is -0.867. The number of amides is 1. The highest BCUT2D eigenvalue weighted by atomic mass is 32.2. The zero-order valence-electron chi connectivity index (χ0n) is 17.3. The fourth-order valence-corrected chi connectivity index (χ4v) is 3.18. The van der Waals surface area contributed by atoms with Crippen LogP contribution in [0.15, 0.2) is 47.4 Å². The number of alkyl carbamates (subject to hydrolysis) is 1. The molecule has 0 heterocycles. The number of hydrogen-bond donors (Lipinski definition) is 2. The van der Waals surface area contributed by atoms with E-state index in [9.17, 15) is 23.1 Å². The van der Waals surface area contributed by atoms with Gasteiger partial charge in [-0.05, 0) is 62.2 Å². The van der Waals surface area contributed by atoms with Gasteiger partial charge in [-0.3, -0.25) is 0 Å². The Kier molecular flexibility index (Phi) is 7.09. The van der Waals surface area contributed by atoms with Crippen molar-refractivity contribution in [3.8, 4) is 16.9 Å². The highest BCUT2D eigenvalue weighted by Gasteiger charge is 2.16. The van der Waals surface area contributed by atoms with E-state index in [0.29, 0.717) is 11.1 Å². The van der Waals surface area contributed by atoms with E-state index in [1.165, 1.54) is 24.3 Å². The summed E-state index contributed by atoms with van der Waals surface area (Å²) >= 11 is 0. The minimum absolute atomic E-state index is 0.00707. The SMILES string of the molecule is CC(C)(C)OC(=O)NCCOc1cc(C(=O)O)cc(-c2cccc(S(C)(=O)=O)c2)c1. The molecule has 9 heteroatoms. The molecule has 0 saturated heterocycles. The summed E-state index contributed by atoms with van der Waals surface area (Å²) in [4.78, 5) is 23.3. The van der Waals surface area contributed by atoms with Gasteiger partial charge in [-0.25, -0.2) is 18.0 Å². The van der Waals surface area contributed by atoms with Gasteiger partial charge in [0.15, 0.2) is 9.84 Å². The number of sulfone groups is 1. The van der Waals surface area contributed by atoms with E-state index >= 15 is 0 Å². The Morgan fingerprint density at radius 2 is 1.77 bits per heavy atom. The minimum atomic E-state index is -3.41. The Bertz CT molecular complexity index is 1040. The van der Waals surface area contributed by atoms with Gasteiger partial charge < -0.3 is 19.9 Å². The fraction of sp³-hybridized carbons (Fsp3) is 0.333. The third-order valence-corrected chi connectivity index (χ3v) is 4.90. The quantitative estimate of drug-likeness (QED) is 0.640. The number of ether oxygens (including phenoxy) is 2. The van der Waals surface area contributed by atoms with Crippen molar-refractivity contribution in [1.29, 1.82) is 0 Å². The molecule has 0 radical (unpaired) electrons. The molecule has 0 spiro atoms. The second kappa shape index (κ2) is 9.17. The second-order valence-electron chi connectivity index (χ2n) is 7.63. The van der Waals surface area contributed by atoms with Crippen molar-refractivity contribution in [2.24, 2.45) is 0 Å². The molecule has 0 saturated carbocycles. The smallest absolute Gasteiger partial charge is 0.407 e. The molecule has 0 aliphatic carbocycles. The molecule has 1 amide bonds. The molecule has 30 heavy (non-hydrogen) atoms. The molecular formula is C21H25NO7S. The highest BCUT2D eigenvalue weighted by molar-refractivity contribution is 7.90. The topological polar surface area (TPSA) is 119 Å². The van der Waals surface area contributed by atoms with Crippen LogP contribution in [0.3, 0.4) is 0 Å². The van der Waals surface area contributed by atoms with Gasteiger partial charge in [-0.1, -0.05) is 12.1 Å². The van der Waals surface area contributed by atoms with E-state index in [-0.39, 0.29) is 29.4 Å². The number of carbonyl (C=O) groups is 2. The van der Waals surface area contributed by atoms with Gasteiger partial charge >= 0.3 is 12.1 Å². The van der Waals surface area contributed by atoms with E-state index in [2.05, 4.69) is 5.32 Å². The number of hydrogen-bond acceptors (Lipinski definition) is 6. The van der Waals surface area contributed by atoms with Crippen molar-refractivity contribution < 1.29 is 32.6 Å². The maximum absolute atomic E-state index is 11.8. The lowest BCUT2D eigenvalue weighted by Crippen LogP contribution is -2.34. The molecule has 0 aliphatic rings. The van der Waals surface area contributed by atoms with Crippen LogP contribution >= 0.6 is 0 Å². The van der Waals surface area contributed by atoms with Crippen LogP contribution in [0.4, 0.5) is 4.79 Å². The first kappa shape index (κ1) is 23.2. The summed E-state index contributed by atoms with van der Waals surface area (Å²) < 4.78 is 34.3. The second-order valence-corrected chi connectivity index (χ2v) is 9.64. The van der Waals surface area contributed by atoms with E-state index in [4.69, 9.17) is 9.47 Å². The molecular weight excluding hydrogens is 410 g/mol. The van der Waals surface area contributed by atoms with Crippen LogP contribution in [0, 0.1) is 0 Å². The molecule has 0 unspecified atom stereocenters. The largest absolute Gasteiger partial charge is 0.492 e. The van der Waals surface area contributed by atoms with Gasteiger partial charge in [0.05, 0.1) is 17.0 Å². The molecule has 162 valence electrons. The lowest BCUT2D eigenvalue weighted by Gasteiger charge is -2.19. The van der Waals surface area contributed by atoms with Crippen molar-refractivity contribution >= 4 is 21.9 Å². The van der Waals surface area contributed by atoms with E-state index in [0.717, 1.165) is 6.26 Å². The molecule has 2 rings (SSSR count). The Morgan fingerprint density at radius 1 is 1.07 bits per heavy atom. The molecule has 2 aromatic rings. The van der Waals surface area contributed by atoms with Gasteiger partial charge in [0.2, 0.25) is 0 Å². The number of nitrogens with one attached hydrogen (secondary N) is 1. The first-order valence-corrected chi connectivity index (χ1v) is 11.0. The molecule has 0 atom stereocenters. The van der Waals surface area contributed by atoms with Crippen LogP contribution < -0.4 is 10.1 Å². The van der Waals surface area contributed by atoms with Crippen LogP contribution in [0.25, 0.3) is 11.1 Å². The molecule has 0 aliphatic heterocycles. The third-order valence-electron chi connectivity index (χ3n) is 3.79. The average Bonchev–Trinajstić information content (AvgIpc) is 2.63. The minimum Gasteiger partial charge on any atom is -0.492 e. The van der Waals surface area contributed by atoms with Crippen LogP contribution in [0.5, 0.6) is 5.75 Å². The van der Waals surface area contributed by atoms with Crippen molar-refractivity contribution in [2.75, 3.05) is 19.4 Å². The molecule has 0 fully saturated rings. The highest BCUT2D eigenvalue weighted by Crippen LogP contribution is 2.28. The van der Waals surface area contributed by atoms with Crippen molar-refractivity contribution in [1.82, 2.24) is 5.32 Å². The van der Waals surface area contributed by atoms with E-state index in [1.54, 1.807) is 39.0 Å². The first-order chi connectivity index (χ1) is 13.8. The molecule has 0 aromatic heterocycles. The number of benzene rings is 2. The zero-order chi connectivity index (χ0) is 22.5. The molecule has 2 N–H and O–H groups in total. The fourth-order valence-electron chi connectivity index (χ4n) is 2.51. The molecule has 8 nitrogen and oxygen atoms in total. The average molecular weight is 435 g/mol. The van der Waals surface area contributed by atoms with Gasteiger partial charge in [0.25, 0.3) is 0 Å². The van der Waals surface area contributed by atoms with E-state index < -0.39 is 27.5 Å². The number of carboxylic acids is 1. The number of carbonyl (C=O) groups excluding carboxylic acids is 1.